The first-order valence-electron chi connectivity index (χ1n) is 17.4. The van der Waals surface area contributed by atoms with Crippen LogP contribution in [0.15, 0.2) is 134 Å². The highest BCUT2D eigenvalue weighted by Crippen LogP contribution is 2.51. The van der Waals surface area contributed by atoms with E-state index in [9.17, 15) is 9.36 Å². The van der Waals surface area contributed by atoms with E-state index in [0.717, 1.165) is 22.3 Å². The number of carbonyl (C=O) groups excluding carboxylic acids is 1. The highest BCUT2D eigenvalue weighted by molar-refractivity contribution is 7.48. The molecular weight excluding hydrogens is 792 g/mol. The zero-order valence-corrected chi connectivity index (χ0v) is 33.0. The monoisotopic (exact) mass is 833 g/mol. The van der Waals surface area contributed by atoms with Gasteiger partial charge in [-0.3, -0.25) is 13.6 Å². The fraction of sp³-hybridized carbons (Fsp3) is 0.325. The van der Waals surface area contributed by atoms with E-state index in [2.05, 4.69) is 11.9 Å². The lowest BCUT2D eigenvalue weighted by Gasteiger charge is -2.46. The van der Waals surface area contributed by atoms with Gasteiger partial charge >= 0.3 is 13.9 Å². The van der Waals surface area contributed by atoms with Gasteiger partial charge in [-0.15, -0.1) is 6.58 Å². The van der Waals surface area contributed by atoms with E-state index in [4.69, 9.17) is 72.1 Å². The Morgan fingerprint density at radius 2 is 1.15 bits per heavy atom. The van der Waals surface area contributed by atoms with Gasteiger partial charge in [0, 0.05) is 0 Å². The summed E-state index contributed by atoms with van der Waals surface area (Å²) in [6, 6.07) is 36.3. The second kappa shape index (κ2) is 21.9. The van der Waals surface area contributed by atoms with Crippen LogP contribution in [0.4, 0.5) is 4.79 Å². The first-order valence-corrected chi connectivity index (χ1v) is 20.0. The summed E-state index contributed by atoms with van der Waals surface area (Å²) in [4.78, 5) is 13.2. The van der Waals surface area contributed by atoms with Crippen molar-refractivity contribution in [2.45, 2.75) is 60.9 Å². The minimum atomic E-state index is -4.27. The minimum absolute atomic E-state index is 0.0272. The molecule has 5 rings (SSSR count). The second-order valence-corrected chi connectivity index (χ2v) is 16.5. The first-order chi connectivity index (χ1) is 26.6. The fourth-order valence-corrected chi connectivity index (χ4v) is 6.82. The van der Waals surface area contributed by atoms with Crippen molar-refractivity contribution in [1.29, 1.82) is 0 Å². The van der Waals surface area contributed by atoms with Crippen molar-refractivity contribution >= 4 is 48.7 Å². The number of halogens is 3. The van der Waals surface area contributed by atoms with Crippen molar-refractivity contribution in [3.63, 3.8) is 0 Å². The molecule has 4 aromatic carbocycles. The molecule has 55 heavy (non-hydrogen) atoms. The molecule has 0 spiro atoms. The predicted molar refractivity (Wildman–Crippen MR) is 209 cm³/mol. The van der Waals surface area contributed by atoms with Gasteiger partial charge in [0.05, 0.1) is 39.6 Å². The van der Waals surface area contributed by atoms with Crippen LogP contribution in [-0.2, 0) is 68.2 Å². The summed E-state index contributed by atoms with van der Waals surface area (Å²) in [5.74, 6) is 0. The van der Waals surface area contributed by atoms with Crippen LogP contribution in [0, 0.1) is 0 Å². The Bertz CT molecular complexity index is 1730. The van der Waals surface area contributed by atoms with E-state index >= 15 is 0 Å². The Labute approximate surface area is 336 Å². The van der Waals surface area contributed by atoms with Gasteiger partial charge in [-0.1, -0.05) is 162 Å². The molecule has 0 radical (unpaired) electrons. The molecule has 0 aromatic heterocycles. The summed E-state index contributed by atoms with van der Waals surface area (Å²) >= 11 is 17.6. The maximum Gasteiger partial charge on any atom is 0.475 e. The molecule has 1 N–H and O–H groups in total. The number of alkyl carbamates (subject to hydrolysis) is 1. The van der Waals surface area contributed by atoms with E-state index in [1.54, 1.807) is 0 Å². The third kappa shape index (κ3) is 14.6. The van der Waals surface area contributed by atoms with E-state index < -0.39 is 55.0 Å². The van der Waals surface area contributed by atoms with Gasteiger partial charge in [0.25, 0.3) is 0 Å². The molecule has 1 fully saturated rings. The number of phosphoric acid groups is 1. The first kappa shape index (κ1) is 42.8. The predicted octanol–water partition coefficient (Wildman–Crippen LogP) is 9.11. The number of hydrogen-bond donors (Lipinski definition) is 1. The molecule has 0 unspecified atom stereocenters. The highest BCUT2D eigenvalue weighted by atomic mass is 35.6. The molecule has 0 bridgehead atoms. The molecule has 15 heteroatoms. The molecule has 0 saturated carbocycles. The van der Waals surface area contributed by atoms with Gasteiger partial charge in [0.2, 0.25) is 3.79 Å². The molecule has 1 amide bonds. The Hall–Kier alpha value is -3.29. The lowest BCUT2D eigenvalue weighted by molar-refractivity contribution is -0.284. The average Bonchev–Trinajstić information content (AvgIpc) is 3.20. The SMILES string of the molecule is C=CCO[C@@H]1O[C@@H](COP(=O)(OCc2ccccc2)OCc2ccccc2)[C@H](OCc2ccccc2)[C@@H](OCc2ccccc2)[C@@H]1NC(=O)OCC(Cl)(Cl)Cl. The Kier molecular flexibility index (Phi) is 17.0. The van der Waals surface area contributed by atoms with Crippen molar-refractivity contribution in [3.05, 3.63) is 156 Å². The number of hydrogen-bond acceptors (Lipinski definition) is 10. The maximum atomic E-state index is 14.4. The molecule has 11 nitrogen and oxygen atoms in total. The van der Waals surface area contributed by atoms with Crippen molar-refractivity contribution in [1.82, 2.24) is 5.32 Å². The van der Waals surface area contributed by atoms with Crippen LogP contribution in [0.5, 0.6) is 0 Å². The van der Waals surface area contributed by atoms with Gasteiger partial charge in [0.15, 0.2) is 6.29 Å². The van der Waals surface area contributed by atoms with Crippen LogP contribution in [0.1, 0.15) is 22.3 Å². The van der Waals surface area contributed by atoms with Gasteiger partial charge in [-0.25, -0.2) is 9.36 Å². The third-order valence-electron chi connectivity index (χ3n) is 8.11. The van der Waals surface area contributed by atoms with Gasteiger partial charge < -0.3 is 29.0 Å². The van der Waals surface area contributed by atoms with Crippen molar-refractivity contribution < 1.29 is 46.6 Å². The molecule has 294 valence electrons. The lowest BCUT2D eigenvalue weighted by Crippen LogP contribution is -2.66. The Morgan fingerprint density at radius 3 is 1.60 bits per heavy atom. The number of ether oxygens (including phenoxy) is 5. The smallest absolute Gasteiger partial charge is 0.445 e. The maximum absolute atomic E-state index is 14.4. The number of alkyl halides is 3. The van der Waals surface area contributed by atoms with Crippen LogP contribution in [0.3, 0.4) is 0 Å². The third-order valence-corrected chi connectivity index (χ3v) is 9.79. The lowest BCUT2D eigenvalue weighted by atomic mass is 9.96. The molecule has 4 aromatic rings. The summed E-state index contributed by atoms with van der Waals surface area (Å²) in [6.07, 6.45) is -3.54. The summed E-state index contributed by atoms with van der Waals surface area (Å²) in [5, 5.41) is 2.76. The fourth-order valence-electron chi connectivity index (χ4n) is 5.49. The summed E-state index contributed by atoms with van der Waals surface area (Å²) in [6.45, 7) is 3.01. The quantitative estimate of drug-likeness (QED) is 0.0525. The molecule has 5 atom stereocenters. The van der Waals surface area contributed by atoms with E-state index in [0.29, 0.717) is 0 Å². The second-order valence-electron chi connectivity index (χ2n) is 12.3. The molecular formula is C40H43Cl3NO10P. The molecule has 1 aliphatic heterocycles. The van der Waals surface area contributed by atoms with E-state index in [1.807, 2.05) is 121 Å². The zero-order valence-electron chi connectivity index (χ0n) is 29.8. The number of phosphoric ester groups is 1. The van der Waals surface area contributed by atoms with Crippen LogP contribution < -0.4 is 5.32 Å². The molecule has 1 aliphatic rings. The number of nitrogens with one attached hydrogen (secondary N) is 1. The summed E-state index contributed by atoms with van der Waals surface area (Å²) < 4.78 is 61.2. The standard InChI is InChI=1S/C40H43Cl3NO10P/c1-2-23-47-38-35(44-39(45)50-29-40(41,42)43)37(49-25-31-17-9-4-10-18-31)36(48-24-30-15-7-3-8-16-30)34(54-38)28-53-55(46,51-26-32-19-11-5-12-20-32)52-27-33-21-13-6-14-22-33/h2-22,34-38H,1,23-29H2,(H,44,45)/t34-,35-,36-,37-,38+/m0/s1. The molecule has 0 aliphatic carbocycles. The number of amides is 1. The normalized spacial score (nSPS) is 20.1. The average molecular weight is 835 g/mol. The van der Waals surface area contributed by atoms with E-state index in [1.165, 1.54) is 6.08 Å². The summed E-state index contributed by atoms with van der Waals surface area (Å²) in [5.41, 5.74) is 3.22. The number of benzene rings is 4. The van der Waals surface area contributed by atoms with Gasteiger partial charge in [-0.2, -0.15) is 0 Å². The van der Waals surface area contributed by atoms with Crippen LogP contribution in [-0.4, -0.2) is 60.4 Å². The van der Waals surface area contributed by atoms with Crippen molar-refractivity contribution in [3.8, 4) is 0 Å². The molecule has 1 saturated heterocycles. The van der Waals surface area contributed by atoms with Gasteiger partial charge in [0.1, 0.15) is 31.0 Å². The summed E-state index contributed by atoms with van der Waals surface area (Å²) in [7, 11) is -4.27. The Morgan fingerprint density at radius 1 is 0.691 bits per heavy atom. The van der Waals surface area contributed by atoms with Crippen molar-refractivity contribution in [2.75, 3.05) is 19.8 Å². The number of rotatable bonds is 20. The largest absolute Gasteiger partial charge is 0.475 e. The van der Waals surface area contributed by atoms with Crippen molar-refractivity contribution in [2.24, 2.45) is 0 Å². The van der Waals surface area contributed by atoms with Crippen LogP contribution in [0.2, 0.25) is 0 Å². The Balaban J connectivity index is 1.46. The van der Waals surface area contributed by atoms with Crippen LogP contribution >= 0.6 is 42.6 Å². The zero-order chi connectivity index (χ0) is 38.9. The number of carbonyl (C=O) groups is 1. The van der Waals surface area contributed by atoms with E-state index in [-0.39, 0.29) is 39.6 Å². The minimum Gasteiger partial charge on any atom is -0.445 e. The molecule has 1 heterocycles. The van der Waals surface area contributed by atoms with Crippen LogP contribution in [0.25, 0.3) is 0 Å². The topological polar surface area (TPSA) is 120 Å². The van der Waals surface area contributed by atoms with Gasteiger partial charge in [-0.05, 0) is 22.3 Å². The highest BCUT2D eigenvalue weighted by Gasteiger charge is 2.50.